The van der Waals surface area contributed by atoms with Crippen molar-refractivity contribution < 1.29 is 31.4 Å². The molecular weight excluding hydrogens is 302 g/mol. The molecule has 0 spiro atoms. The number of nitrogens with two attached hydrogens (primary N) is 1. The average molecular weight is 318 g/mol. The lowest BCUT2D eigenvalue weighted by Crippen LogP contribution is -2.58. The predicted molar refractivity (Wildman–Crippen MR) is 64.9 cm³/mol. The number of hydrogen-bond acceptors (Lipinski definition) is 3. The van der Waals surface area contributed by atoms with Gasteiger partial charge in [0.05, 0.1) is 6.04 Å². The quantitative estimate of drug-likeness (QED) is 0.621. The van der Waals surface area contributed by atoms with E-state index in [4.69, 9.17) is 5.73 Å². The van der Waals surface area contributed by atoms with Crippen LogP contribution in [0.5, 0.6) is 0 Å². The minimum Gasteiger partial charge on any atom is -0.370 e. The fourth-order valence-corrected chi connectivity index (χ4v) is 2.06. The Hall–Kier alpha value is -1.09. The molecule has 0 aromatic rings. The third kappa shape index (κ3) is 3.57. The third-order valence-electron chi connectivity index (χ3n) is 3.30. The van der Waals surface area contributed by atoms with E-state index in [1.54, 1.807) is 6.92 Å². The van der Waals surface area contributed by atoms with E-state index in [2.05, 4.69) is 4.99 Å². The number of allylic oxidation sites excluding steroid dienone is 1. The molecule has 1 aliphatic rings. The summed E-state index contributed by atoms with van der Waals surface area (Å²) in [5, 5.41) is 9.25. The summed E-state index contributed by atoms with van der Waals surface area (Å²) in [6.07, 6.45) is -11.7. The molecule has 122 valence electrons. The molecule has 0 radical (unpaired) electrons. The van der Waals surface area contributed by atoms with Crippen LogP contribution in [0.25, 0.3) is 0 Å². The summed E-state index contributed by atoms with van der Waals surface area (Å²) in [4.78, 5) is 4.10. The molecule has 21 heavy (non-hydrogen) atoms. The summed E-state index contributed by atoms with van der Waals surface area (Å²) in [6.45, 7) is 1.92. The van der Waals surface area contributed by atoms with E-state index >= 15 is 0 Å². The van der Waals surface area contributed by atoms with Crippen LogP contribution in [0.1, 0.15) is 26.2 Å². The number of rotatable bonds is 3. The SMILES string of the molecule is CC(CN)N=C1CC=C(C(O)(C(F)(F)F)C(F)(F)F)CC1. The zero-order valence-electron chi connectivity index (χ0n) is 11.2. The Kier molecular flexibility index (Phi) is 5.09. The molecule has 0 heterocycles. The second-order valence-electron chi connectivity index (χ2n) is 4.92. The summed E-state index contributed by atoms with van der Waals surface area (Å²) < 4.78 is 76.1. The molecule has 3 N–H and O–H groups in total. The second kappa shape index (κ2) is 5.96. The minimum absolute atomic E-state index is 0.0648. The Morgan fingerprint density at radius 1 is 1.19 bits per heavy atom. The molecule has 0 aromatic heterocycles. The number of hydrogen-bond donors (Lipinski definition) is 2. The highest BCUT2D eigenvalue weighted by atomic mass is 19.4. The number of nitrogens with zero attached hydrogens (tertiary/aromatic N) is 1. The molecule has 9 heteroatoms. The van der Waals surface area contributed by atoms with Gasteiger partial charge < -0.3 is 10.8 Å². The van der Waals surface area contributed by atoms with Crippen LogP contribution < -0.4 is 5.73 Å². The van der Waals surface area contributed by atoms with Gasteiger partial charge in [-0.3, -0.25) is 4.99 Å². The topological polar surface area (TPSA) is 58.6 Å². The van der Waals surface area contributed by atoms with Crippen molar-refractivity contribution >= 4 is 5.71 Å². The molecule has 0 saturated carbocycles. The molecule has 1 atom stereocenters. The van der Waals surface area contributed by atoms with E-state index in [9.17, 15) is 31.4 Å². The molecule has 1 unspecified atom stereocenters. The fraction of sp³-hybridized carbons (Fsp3) is 0.750. The first-order valence-electron chi connectivity index (χ1n) is 6.24. The Labute approximate surface area is 117 Å². The largest absolute Gasteiger partial charge is 0.430 e. The van der Waals surface area contributed by atoms with Crippen molar-refractivity contribution in [3.63, 3.8) is 0 Å². The molecule has 0 amide bonds. The van der Waals surface area contributed by atoms with E-state index in [-0.39, 0.29) is 25.4 Å². The lowest BCUT2D eigenvalue weighted by Gasteiger charge is -2.36. The van der Waals surface area contributed by atoms with Gasteiger partial charge in [0, 0.05) is 18.7 Å². The van der Waals surface area contributed by atoms with Crippen molar-refractivity contribution in [1.29, 1.82) is 0 Å². The van der Waals surface area contributed by atoms with E-state index in [0.29, 0.717) is 5.71 Å². The number of aliphatic hydroxyl groups is 1. The van der Waals surface area contributed by atoms with Crippen molar-refractivity contribution in [2.75, 3.05) is 6.54 Å². The lowest BCUT2D eigenvalue weighted by molar-refractivity contribution is -0.352. The Morgan fingerprint density at radius 3 is 2.05 bits per heavy atom. The van der Waals surface area contributed by atoms with Crippen LogP contribution in [0.4, 0.5) is 26.3 Å². The van der Waals surface area contributed by atoms with Crippen LogP contribution in [0.2, 0.25) is 0 Å². The van der Waals surface area contributed by atoms with E-state index in [1.165, 1.54) is 0 Å². The molecule has 1 rings (SSSR count). The first-order chi connectivity index (χ1) is 9.43. The van der Waals surface area contributed by atoms with Gasteiger partial charge in [-0.25, -0.2) is 0 Å². The zero-order valence-corrected chi connectivity index (χ0v) is 11.2. The van der Waals surface area contributed by atoms with Crippen molar-refractivity contribution in [1.82, 2.24) is 0 Å². The van der Waals surface area contributed by atoms with Gasteiger partial charge >= 0.3 is 12.4 Å². The molecule has 0 aliphatic heterocycles. The van der Waals surface area contributed by atoms with Gasteiger partial charge in [-0.1, -0.05) is 6.08 Å². The summed E-state index contributed by atoms with van der Waals surface area (Å²) in [5.41, 5.74) is -0.0669. The highest BCUT2D eigenvalue weighted by Gasteiger charge is 2.72. The monoisotopic (exact) mass is 318 g/mol. The first kappa shape index (κ1) is 18.0. The Bertz CT molecular complexity index is 424. The highest BCUT2D eigenvalue weighted by molar-refractivity contribution is 5.87. The van der Waals surface area contributed by atoms with Crippen LogP contribution in [0.15, 0.2) is 16.6 Å². The predicted octanol–water partition coefficient (Wildman–Crippen LogP) is 2.74. The van der Waals surface area contributed by atoms with Gasteiger partial charge in [0.1, 0.15) is 0 Å². The third-order valence-corrected chi connectivity index (χ3v) is 3.30. The zero-order chi connectivity index (χ0) is 16.5. The maximum atomic E-state index is 12.7. The Balaban J connectivity index is 3.08. The van der Waals surface area contributed by atoms with E-state index < -0.39 is 29.9 Å². The molecular formula is C12H16F6N2O. The summed E-state index contributed by atoms with van der Waals surface area (Å²) in [5.74, 6) is 0. The van der Waals surface area contributed by atoms with Crippen LogP contribution in [-0.4, -0.2) is 41.4 Å². The number of alkyl halides is 6. The molecule has 0 bridgehead atoms. The maximum Gasteiger partial charge on any atom is 0.430 e. The second-order valence-corrected chi connectivity index (χ2v) is 4.92. The Morgan fingerprint density at radius 2 is 1.71 bits per heavy atom. The van der Waals surface area contributed by atoms with Crippen LogP contribution in [0, 0.1) is 0 Å². The van der Waals surface area contributed by atoms with Crippen molar-refractivity contribution in [3.8, 4) is 0 Å². The van der Waals surface area contributed by atoms with Crippen molar-refractivity contribution in [2.45, 2.75) is 50.2 Å². The highest BCUT2D eigenvalue weighted by Crippen LogP contribution is 2.49. The van der Waals surface area contributed by atoms with Crippen molar-refractivity contribution in [3.05, 3.63) is 11.6 Å². The first-order valence-corrected chi connectivity index (χ1v) is 6.24. The van der Waals surface area contributed by atoms with Crippen LogP contribution >= 0.6 is 0 Å². The van der Waals surface area contributed by atoms with Gasteiger partial charge in [0.25, 0.3) is 5.60 Å². The van der Waals surface area contributed by atoms with Crippen LogP contribution in [-0.2, 0) is 0 Å². The fourth-order valence-electron chi connectivity index (χ4n) is 2.06. The van der Waals surface area contributed by atoms with E-state index in [1.807, 2.05) is 0 Å². The van der Waals surface area contributed by atoms with Gasteiger partial charge in [0.2, 0.25) is 0 Å². The number of aliphatic imine (C=N–C) groups is 1. The van der Waals surface area contributed by atoms with Gasteiger partial charge in [-0.15, -0.1) is 0 Å². The normalized spacial score (nSPS) is 21.4. The maximum absolute atomic E-state index is 12.7. The van der Waals surface area contributed by atoms with E-state index in [0.717, 1.165) is 6.08 Å². The average Bonchev–Trinajstić information content (AvgIpc) is 2.35. The van der Waals surface area contributed by atoms with Gasteiger partial charge in [-0.05, 0) is 25.3 Å². The molecule has 1 aliphatic carbocycles. The van der Waals surface area contributed by atoms with Crippen molar-refractivity contribution in [2.24, 2.45) is 10.7 Å². The number of halogens is 6. The molecule has 0 aromatic carbocycles. The van der Waals surface area contributed by atoms with Gasteiger partial charge in [-0.2, -0.15) is 26.3 Å². The summed E-state index contributed by atoms with van der Waals surface area (Å²) >= 11 is 0. The van der Waals surface area contributed by atoms with Crippen LogP contribution in [0.3, 0.4) is 0 Å². The molecule has 0 saturated heterocycles. The van der Waals surface area contributed by atoms with Gasteiger partial charge in [0.15, 0.2) is 0 Å². The molecule has 0 fully saturated rings. The standard InChI is InChI=1S/C12H16F6N2O/c1-7(6-19)20-9-4-2-8(3-5-9)10(21,11(13,14)15)12(16,17)18/h2,7,21H,3-6,19H2,1H3. The smallest absolute Gasteiger partial charge is 0.370 e. The summed E-state index contributed by atoms with van der Waals surface area (Å²) in [6, 6.07) is -0.251. The molecule has 3 nitrogen and oxygen atoms in total. The lowest BCUT2D eigenvalue weighted by atomic mass is 9.83. The minimum atomic E-state index is -5.82. The summed E-state index contributed by atoms with van der Waals surface area (Å²) in [7, 11) is 0.